The van der Waals surface area contributed by atoms with Gasteiger partial charge in [0.15, 0.2) is 0 Å². The Morgan fingerprint density at radius 1 is 1.12 bits per heavy atom. The number of benzene rings is 1. The summed E-state index contributed by atoms with van der Waals surface area (Å²) >= 11 is 0. The van der Waals surface area contributed by atoms with Gasteiger partial charge < -0.3 is 5.32 Å². The molecular weight excluding hydrogens is 312 g/mol. The average molecular weight is 340 g/mol. The van der Waals surface area contributed by atoms with Crippen LogP contribution < -0.4 is 5.32 Å². The van der Waals surface area contributed by atoms with Gasteiger partial charge in [-0.3, -0.25) is 9.69 Å². The second kappa shape index (κ2) is 8.81. The Hall–Kier alpha value is -2.14. The van der Waals surface area contributed by atoms with Gasteiger partial charge in [0.05, 0.1) is 12.2 Å². The van der Waals surface area contributed by atoms with E-state index in [0.717, 1.165) is 31.9 Å². The third kappa shape index (κ3) is 4.92. The van der Waals surface area contributed by atoms with Gasteiger partial charge in [-0.25, -0.2) is 4.68 Å². The van der Waals surface area contributed by atoms with E-state index >= 15 is 0 Å². The van der Waals surface area contributed by atoms with Gasteiger partial charge >= 0.3 is 0 Å². The number of anilines is 1. The number of rotatable bonds is 6. The summed E-state index contributed by atoms with van der Waals surface area (Å²) in [5, 5.41) is 7.42. The predicted octanol–water partition coefficient (Wildman–Crippen LogP) is 3.33. The molecule has 1 fully saturated rings. The first-order valence-electron chi connectivity index (χ1n) is 9.35. The van der Waals surface area contributed by atoms with E-state index in [1.807, 2.05) is 35.9 Å². The maximum atomic E-state index is 12.7. The molecule has 3 rings (SSSR count). The summed E-state index contributed by atoms with van der Waals surface area (Å²) in [5.41, 5.74) is 1.27. The van der Waals surface area contributed by atoms with Crippen LogP contribution in [-0.4, -0.2) is 39.7 Å². The Morgan fingerprint density at radius 3 is 2.56 bits per heavy atom. The number of aryl methyl sites for hydroxylation is 2. The van der Waals surface area contributed by atoms with Crippen molar-refractivity contribution in [3.05, 3.63) is 48.2 Å². The van der Waals surface area contributed by atoms with E-state index in [1.54, 1.807) is 6.20 Å². The molecule has 1 unspecified atom stereocenters. The van der Waals surface area contributed by atoms with Gasteiger partial charge in [-0.05, 0) is 44.8 Å². The molecule has 2 heterocycles. The molecule has 2 aromatic rings. The Morgan fingerprint density at radius 2 is 1.84 bits per heavy atom. The van der Waals surface area contributed by atoms with Gasteiger partial charge in [-0.15, -0.1) is 0 Å². The van der Waals surface area contributed by atoms with E-state index in [4.69, 9.17) is 0 Å². The standard InChI is InChI=1S/C20H28N4O/c1-17(23-14-7-2-3-8-15-23)20(25)22-19-11-13-21-24(19)16-12-18-9-5-4-6-10-18/h4-6,9-11,13,17H,2-3,7-8,12,14-16H2,1H3,(H,22,25). The minimum absolute atomic E-state index is 0.0587. The topological polar surface area (TPSA) is 50.2 Å². The maximum Gasteiger partial charge on any atom is 0.242 e. The van der Waals surface area contributed by atoms with Crippen molar-refractivity contribution in [1.29, 1.82) is 0 Å². The summed E-state index contributed by atoms with van der Waals surface area (Å²) in [5.74, 6) is 0.839. The number of nitrogens with zero attached hydrogens (tertiary/aromatic N) is 3. The Kier molecular flexibility index (Phi) is 6.23. The van der Waals surface area contributed by atoms with Crippen LogP contribution in [0.4, 0.5) is 5.82 Å². The molecule has 5 nitrogen and oxygen atoms in total. The molecule has 0 radical (unpaired) electrons. The summed E-state index contributed by atoms with van der Waals surface area (Å²) in [6.07, 6.45) is 7.57. The zero-order chi connectivity index (χ0) is 17.5. The lowest BCUT2D eigenvalue weighted by atomic mass is 10.1. The van der Waals surface area contributed by atoms with E-state index < -0.39 is 0 Å². The number of amides is 1. The third-order valence-electron chi connectivity index (χ3n) is 4.99. The summed E-state index contributed by atoms with van der Waals surface area (Å²) in [6, 6.07) is 12.1. The molecule has 0 spiro atoms. The number of carbonyl (C=O) groups excluding carboxylic acids is 1. The highest BCUT2D eigenvalue weighted by molar-refractivity contribution is 5.93. The summed E-state index contributed by atoms with van der Waals surface area (Å²) in [4.78, 5) is 15.0. The lowest BCUT2D eigenvalue weighted by molar-refractivity contribution is -0.120. The van der Waals surface area contributed by atoms with E-state index in [2.05, 4.69) is 27.4 Å². The van der Waals surface area contributed by atoms with E-state index in [1.165, 1.54) is 31.2 Å². The Bertz CT molecular complexity index is 659. The van der Waals surface area contributed by atoms with Crippen molar-refractivity contribution in [3.63, 3.8) is 0 Å². The fraction of sp³-hybridized carbons (Fsp3) is 0.500. The number of hydrogen-bond acceptors (Lipinski definition) is 3. The van der Waals surface area contributed by atoms with Crippen molar-refractivity contribution in [2.24, 2.45) is 0 Å². The van der Waals surface area contributed by atoms with Crippen LogP contribution in [0.2, 0.25) is 0 Å². The molecule has 1 amide bonds. The van der Waals surface area contributed by atoms with Gasteiger partial charge in [0, 0.05) is 12.6 Å². The number of likely N-dealkylation sites (tertiary alicyclic amines) is 1. The van der Waals surface area contributed by atoms with Crippen molar-refractivity contribution in [2.75, 3.05) is 18.4 Å². The van der Waals surface area contributed by atoms with Crippen molar-refractivity contribution >= 4 is 11.7 Å². The third-order valence-corrected chi connectivity index (χ3v) is 4.99. The molecule has 25 heavy (non-hydrogen) atoms. The highest BCUT2D eigenvalue weighted by Gasteiger charge is 2.22. The molecule has 1 atom stereocenters. The average Bonchev–Trinajstić information content (AvgIpc) is 2.90. The van der Waals surface area contributed by atoms with Crippen molar-refractivity contribution in [2.45, 2.75) is 51.6 Å². The molecule has 0 bridgehead atoms. The van der Waals surface area contributed by atoms with Crippen LogP contribution in [0, 0.1) is 0 Å². The van der Waals surface area contributed by atoms with Gasteiger partial charge in [0.25, 0.3) is 0 Å². The van der Waals surface area contributed by atoms with E-state index in [-0.39, 0.29) is 11.9 Å². The van der Waals surface area contributed by atoms with Gasteiger partial charge in [0.2, 0.25) is 5.91 Å². The van der Waals surface area contributed by atoms with Gasteiger partial charge in [-0.2, -0.15) is 5.10 Å². The molecular formula is C20H28N4O. The summed E-state index contributed by atoms with van der Waals surface area (Å²) in [6.45, 7) is 4.79. The molecule has 5 heteroatoms. The molecule has 0 aliphatic carbocycles. The van der Waals surface area contributed by atoms with Crippen molar-refractivity contribution in [1.82, 2.24) is 14.7 Å². The van der Waals surface area contributed by atoms with Crippen LogP contribution in [0.5, 0.6) is 0 Å². The molecule has 0 saturated carbocycles. The number of aromatic nitrogens is 2. The smallest absolute Gasteiger partial charge is 0.242 e. The lowest BCUT2D eigenvalue weighted by Crippen LogP contribution is -2.42. The SMILES string of the molecule is CC(C(=O)Nc1ccnn1CCc1ccccc1)N1CCCCCC1. The minimum Gasteiger partial charge on any atom is -0.310 e. The van der Waals surface area contributed by atoms with Crippen LogP contribution in [0.1, 0.15) is 38.2 Å². The quantitative estimate of drug-likeness (QED) is 0.877. The molecule has 1 N–H and O–H groups in total. The van der Waals surface area contributed by atoms with Crippen LogP contribution in [0.3, 0.4) is 0 Å². The Labute approximate surface area is 150 Å². The fourth-order valence-electron chi connectivity index (χ4n) is 3.38. The number of nitrogens with one attached hydrogen (secondary N) is 1. The first kappa shape index (κ1) is 17.7. The van der Waals surface area contributed by atoms with Crippen LogP contribution in [-0.2, 0) is 17.8 Å². The van der Waals surface area contributed by atoms with Crippen molar-refractivity contribution in [3.8, 4) is 0 Å². The number of hydrogen-bond donors (Lipinski definition) is 1. The van der Waals surface area contributed by atoms with Gasteiger partial charge in [-0.1, -0.05) is 43.2 Å². The largest absolute Gasteiger partial charge is 0.310 e. The maximum absolute atomic E-state index is 12.7. The first-order chi connectivity index (χ1) is 12.2. The highest BCUT2D eigenvalue weighted by Crippen LogP contribution is 2.15. The fourth-order valence-corrected chi connectivity index (χ4v) is 3.38. The molecule has 1 saturated heterocycles. The lowest BCUT2D eigenvalue weighted by Gasteiger charge is -2.26. The summed E-state index contributed by atoms with van der Waals surface area (Å²) in [7, 11) is 0. The number of carbonyl (C=O) groups is 1. The second-order valence-electron chi connectivity index (χ2n) is 6.79. The van der Waals surface area contributed by atoms with Crippen molar-refractivity contribution < 1.29 is 4.79 Å². The molecule has 1 aliphatic rings. The molecule has 134 valence electrons. The molecule has 1 aromatic carbocycles. The molecule has 1 aromatic heterocycles. The monoisotopic (exact) mass is 340 g/mol. The van der Waals surface area contributed by atoms with E-state index in [0.29, 0.717) is 0 Å². The minimum atomic E-state index is -0.101. The first-order valence-corrected chi connectivity index (χ1v) is 9.35. The van der Waals surface area contributed by atoms with Crippen LogP contribution >= 0.6 is 0 Å². The zero-order valence-corrected chi connectivity index (χ0v) is 15.0. The molecule has 1 aliphatic heterocycles. The normalized spacial score (nSPS) is 17.0. The highest BCUT2D eigenvalue weighted by atomic mass is 16.2. The van der Waals surface area contributed by atoms with E-state index in [9.17, 15) is 4.79 Å². The zero-order valence-electron chi connectivity index (χ0n) is 15.0. The van der Waals surface area contributed by atoms with Crippen LogP contribution in [0.15, 0.2) is 42.6 Å². The predicted molar refractivity (Wildman–Crippen MR) is 101 cm³/mol. The summed E-state index contributed by atoms with van der Waals surface area (Å²) < 4.78 is 1.88. The van der Waals surface area contributed by atoms with Gasteiger partial charge in [0.1, 0.15) is 5.82 Å². The Balaban J connectivity index is 1.57. The second-order valence-corrected chi connectivity index (χ2v) is 6.79. The van der Waals surface area contributed by atoms with Crippen LogP contribution in [0.25, 0.3) is 0 Å².